The summed E-state index contributed by atoms with van der Waals surface area (Å²) in [5, 5.41) is 11.5. The first-order valence-corrected chi connectivity index (χ1v) is 13.6. The fraction of sp³-hybridized carbons (Fsp3) is 0.333. The van der Waals surface area contributed by atoms with Crippen molar-refractivity contribution in [1.29, 1.82) is 0 Å². The van der Waals surface area contributed by atoms with E-state index in [0.717, 1.165) is 30.4 Å². The van der Waals surface area contributed by atoms with Crippen molar-refractivity contribution in [3.8, 4) is 11.5 Å². The fourth-order valence-electron chi connectivity index (χ4n) is 4.73. The molecule has 3 aromatic rings. The van der Waals surface area contributed by atoms with Gasteiger partial charge >= 0.3 is 0 Å². The molecule has 0 aliphatic carbocycles. The highest BCUT2D eigenvalue weighted by Gasteiger charge is 2.47. The highest BCUT2D eigenvalue weighted by molar-refractivity contribution is 6.51. The first kappa shape index (κ1) is 28.0. The second-order valence-corrected chi connectivity index (χ2v) is 10.3. The van der Waals surface area contributed by atoms with E-state index in [9.17, 15) is 14.7 Å². The normalized spacial score (nSPS) is 16.7. The number of Topliss-reactive ketones (excluding diaryl/α,β-unsaturated/α-hetero) is 1. The van der Waals surface area contributed by atoms with Crippen molar-refractivity contribution in [2.24, 2.45) is 0 Å². The molecule has 4 rings (SSSR count). The van der Waals surface area contributed by atoms with Crippen LogP contribution in [0.3, 0.4) is 0 Å². The molecule has 1 atom stereocenters. The van der Waals surface area contributed by atoms with Crippen molar-refractivity contribution in [1.82, 2.24) is 0 Å². The van der Waals surface area contributed by atoms with E-state index in [4.69, 9.17) is 9.47 Å². The minimum Gasteiger partial charge on any atom is -0.507 e. The second kappa shape index (κ2) is 12.2. The Balaban J connectivity index is 1.79. The molecule has 6 nitrogen and oxygen atoms in total. The van der Waals surface area contributed by atoms with Gasteiger partial charge in [0.25, 0.3) is 11.7 Å². The second-order valence-electron chi connectivity index (χ2n) is 10.3. The number of ether oxygens (including phenoxy) is 2. The molecule has 1 heterocycles. The lowest BCUT2D eigenvalue weighted by molar-refractivity contribution is -0.132. The van der Waals surface area contributed by atoms with Gasteiger partial charge in [-0.05, 0) is 99.3 Å². The van der Waals surface area contributed by atoms with E-state index in [-0.39, 0.29) is 17.4 Å². The maximum Gasteiger partial charge on any atom is 0.300 e. The van der Waals surface area contributed by atoms with E-state index >= 15 is 0 Å². The van der Waals surface area contributed by atoms with Crippen LogP contribution in [0.5, 0.6) is 11.5 Å². The van der Waals surface area contributed by atoms with E-state index in [0.29, 0.717) is 34.9 Å². The number of aliphatic hydroxyl groups excluding tert-OH is 1. The van der Waals surface area contributed by atoms with Gasteiger partial charge < -0.3 is 14.6 Å². The lowest BCUT2D eigenvalue weighted by atomic mass is 9.94. The summed E-state index contributed by atoms with van der Waals surface area (Å²) in [7, 11) is 0. The summed E-state index contributed by atoms with van der Waals surface area (Å²) in [6, 6.07) is 19.1. The van der Waals surface area contributed by atoms with Crippen molar-refractivity contribution in [2.45, 2.75) is 66.0 Å². The number of carbonyl (C=O) groups excluding carboxylic acids is 2. The lowest BCUT2D eigenvalue weighted by Gasteiger charge is -2.26. The Bertz CT molecular complexity index is 1370. The minimum atomic E-state index is -0.826. The smallest absolute Gasteiger partial charge is 0.300 e. The molecule has 1 aliphatic rings. The third-order valence-electron chi connectivity index (χ3n) is 6.90. The van der Waals surface area contributed by atoms with Crippen LogP contribution in [-0.4, -0.2) is 29.5 Å². The molecular weight excluding hydrogens is 490 g/mol. The number of hydrogen-bond acceptors (Lipinski definition) is 5. The minimum absolute atomic E-state index is 0.0385. The Labute approximate surface area is 230 Å². The maximum atomic E-state index is 13.5. The van der Waals surface area contributed by atoms with Crippen LogP contribution in [-0.2, 0) is 9.59 Å². The number of hydrogen-bond donors (Lipinski definition) is 1. The summed E-state index contributed by atoms with van der Waals surface area (Å²) in [5.74, 6) is -0.329. The standard InChI is InChI=1S/C33H37NO5/c1-6-7-8-18-38-27-16-13-24(14-17-27)31(35)29-30(25-10-9-11-28(20-25)39-21(2)3)34(33(37)32(29)36)26-15-12-22(4)23(5)19-26/h9-17,19-21,30,35H,6-8,18H2,1-5H3/b31-29+. The Morgan fingerprint density at radius 2 is 1.67 bits per heavy atom. The Morgan fingerprint density at radius 3 is 2.33 bits per heavy atom. The number of amides is 1. The molecule has 0 bridgehead atoms. The number of benzene rings is 3. The number of ketones is 1. The third kappa shape index (κ3) is 6.17. The van der Waals surface area contributed by atoms with Gasteiger partial charge in [-0.1, -0.05) is 38.0 Å². The first-order valence-electron chi connectivity index (χ1n) is 13.6. The molecule has 1 aliphatic heterocycles. The van der Waals surface area contributed by atoms with E-state index in [1.54, 1.807) is 24.3 Å². The molecule has 0 saturated carbocycles. The molecule has 0 spiro atoms. The molecular formula is C33H37NO5. The predicted octanol–water partition coefficient (Wildman–Crippen LogP) is 7.29. The summed E-state index contributed by atoms with van der Waals surface area (Å²) in [4.78, 5) is 28.5. The average molecular weight is 528 g/mol. The van der Waals surface area contributed by atoms with Crippen LogP contribution in [0.25, 0.3) is 5.76 Å². The van der Waals surface area contributed by atoms with Crippen molar-refractivity contribution < 1.29 is 24.2 Å². The van der Waals surface area contributed by atoms with Gasteiger partial charge in [-0.3, -0.25) is 14.5 Å². The Kier molecular flexibility index (Phi) is 8.75. The highest BCUT2D eigenvalue weighted by atomic mass is 16.5. The van der Waals surface area contributed by atoms with Crippen LogP contribution in [0, 0.1) is 13.8 Å². The zero-order chi connectivity index (χ0) is 28.1. The van der Waals surface area contributed by atoms with Gasteiger partial charge in [-0.15, -0.1) is 0 Å². The van der Waals surface area contributed by atoms with E-state index in [2.05, 4.69) is 6.92 Å². The van der Waals surface area contributed by atoms with Crippen LogP contribution < -0.4 is 14.4 Å². The number of nitrogens with zero attached hydrogens (tertiary/aromatic N) is 1. The largest absolute Gasteiger partial charge is 0.507 e. The summed E-state index contributed by atoms with van der Waals surface area (Å²) in [5.41, 5.74) is 3.82. The first-order chi connectivity index (χ1) is 18.7. The summed E-state index contributed by atoms with van der Waals surface area (Å²) >= 11 is 0. The van der Waals surface area contributed by atoms with Gasteiger partial charge in [0.1, 0.15) is 17.3 Å². The Hall–Kier alpha value is -4.06. The molecule has 1 unspecified atom stereocenters. The SMILES string of the molecule is CCCCCOc1ccc(/C(O)=C2\C(=O)C(=O)N(c3ccc(C)c(C)c3)C2c2cccc(OC(C)C)c2)cc1. The highest BCUT2D eigenvalue weighted by Crippen LogP contribution is 2.43. The van der Waals surface area contributed by atoms with Crippen LogP contribution in [0.1, 0.15) is 68.3 Å². The summed E-state index contributed by atoms with van der Waals surface area (Å²) in [6.45, 7) is 10.6. The topological polar surface area (TPSA) is 76.1 Å². The number of unbranched alkanes of at least 4 members (excludes halogenated alkanes) is 2. The van der Waals surface area contributed by atoms with E-state index in [1.807, 2.05) is 70.2 Å². The van der Waals surface area contributed by atoms with Crippen molar-refractivity contribution >= 4 is 23.1 Å². The zero-order valence-electron chi connectivity index (χ0n) is 23.4. The van der Waals surface area contributed by atoms with Crippen LogP contribution >= 0.6 is 0 Å². The van der Waals surface area contributed by atoms with Crippen LogP contribution in [0.4, 0.5) is 5.69 Å². The molecule has 0 radical (unpaired) electrons. The van der Waals surface area contributed by atoms with Gasteiger partial charge in [-0.2, -0.15) is 0 Å². The molecule has 1 fully saturated rings. The van der Waals surface area contributed by atoms with E-state index < -0.39 is 17.7 Å². The van der Waals surface area contributed by atoms with Gasteiger partial charge in [-0.25, -0.2) is 0 Å². The van der Waals surface area contributed by atoms with E-state index in [1.165, 1.54) is 4.90 Å². The van der Waals surface area contributed by atoms with Crippen molar-refractivity contribution in [2.75, 3.05) is 11.5 Å². The molecule has 204 valence electrons. The number of aryl methyl sites for hydroxylation is 2. The monoisotopic (exact) mass is 527 g/mol. The van der Waals surface area contributed by atoms with Gasteiger partial charge in [0.05, 0.1) is 24.3 Å². The van der Waals surface area contributed by atoms with Crippen molar-refractivity contribution in [3.63, 3.8) is 0 Å². The molecule has 0 aromatic heterocycles. The molecule has 6 heteroatoms. The molecule has 1 amide bonds. The van der Waals surface area contributed by atoms with Gasteiger partial charge in [0.2, 0.25) is 0 Å². The predicted molar refractivity (Wildman–Crippen MR) is 154 cm³/mol. The molecule has 1 saturated heterocycles. The number of aliphatic hydroxyl groups is 1. The third-order valence-corrected chi connectivity index (χ3v) is 6.90. The molecule has 1 N–H and O–H groups in total. The lowest BCUT2D eigenvalue weighted by Crippen LogP contribution is -2.29. The summed E-state index contributed by atoms with van der Waals surface area (Å²) < 4.78 is 11.7. The van der Waals surface area contributed by atoms with Crippen LogP contribution in [0.2, 0.25) is 0 Å². The van der Waals surface area contributed by atoms with Gasteiger partial charge in [0, 0.05) is 11.3 Å². The number of carbonyl (C=O) groups is 2. The number of rotatable bonds is 10. The zero-order valence-corrected chi connectivity index (χ0v) is 23.4. The Morgan fingerprint density at radius 1 is 0.923 bits per heavy atom. The fourth-order valence-corrected chi connectivity index (χ4v) is 4.73. The molecule has 3 aromatic carbocycles. The quantitative estimate of drug-likeness (QED) is 0.130. The maximum absolute atomic E-state index is 13.5. The van der Waals surface area contributed by atoms with Gasteiger partial charge in [0.15, 0.2) is 0 Å². The number of anilines is 1. The molecule has 39 heavy (non-hydrogen) atoms. The van der Waals surface area contributed by atoms with Crippen LogP contribution in [0.15, 0.2) is 72.3 Å². The summed E-state index contributed by atoms with van der Waals surface area (Å²) in [6.07, 6.45) is 3.14. The average Bonchev–Trinajstić information content (AvgIpc) is 3.18. The van der Waals surface area contributed by atoms with Crippen molar-refractivity contribution in [3.05, 3.63) is 94.6 Å².